The van der Waals surface area contributed by atoms with Crippen LogP contribution in [0.3, 0.4) is 0 Å². The third kappa shape index (κ3) is 12.7. The zero-order chi connectivity index (χ0) is 24.8. The first-order valence-electron chi connectivity index (χ1n) is 10.7. The minimum absolute atomic E-state index is 0.211. The Bertz CT molecular complexity index is 610. The van der Waals surface area contributed by atoms with Gasteiger partial charge in [-0.15, -0.1) is 0 Å². The Morgan fingerprint density at radius 2 is 1.23 bits per heavy atom. The minimum Gasteiger partial charge on any atom is -0.422 e. The van der Waals surface area contributed by atoms with Crippen LogP contribution in [0.25, 0.3) is 0 Å². The number of hydrogen-bond donors (Lipinski definition) is 1. The van der Waals surface area contributed by atoms with Crippen molar-refractivity contribution in [3.63, 3.8) is 0 Å². The van der Waals surface area contributed by atoms with Gasteiger partial charge >= 0.3 is 20.9 Å². The highest BCUT2D eigenvalue weighted by molar-refractivity contribution is 6.90. The molecule has 12 heteroatoms. The molecule has 0 aromatic rings. The van der Waals surface area contributed by atoms with Gasteiger partial charge < -0.3 is 27.6 Å². The van der Waals surface area contributed by atoms with Gasteiger partial charge in [-0.3, -0.25) is 0 Å². The largest absolute Gasteiger partial charge is 0.476 e. The van der Waals surface area contributed by atoms with Crippen molar-refractivity contribution in [3.8, 4) is 0 Å². The average molecular weight is 510 g/mol. The quantitative estimate of drug-likeness (QED) is 0.167. The second-order valence-corrected chi connectivity index (χ2v) is 27.6. The lowest BCUT2D eigenvalue weighted by molar-refractivity contribution is -0.159. The maximum absolute atomic E-state index is 12.6. The molecule has 0 aromatic carbocycles. The highest BCUT2D eigenvalue weighted by atomic mass is 28.5. The summed E-state index contributed by atoms with van der Waals surface area (Å²) in [6.07, 6.45) is 0.441. The molecule has 2 unspecified atom stereocenters. The lowest BCUT2D eigenvalue weighted by Crippen LogP contribution is -2.62. The van der Waals surface area contributed by atoms with E-state index in [1.54, 1.807) is 6.92 Å². The van der Waals surface area contributed by atoms with E-state index < -0.39 is 52.1 Å². The highest BCUT2D eigenvalue weighted by Crippen LogP contribution is 2.38. The van der Waals surface area contributed by atoms with Crippen molar-refractivity contribution in [1.29, 1.82) is 0 Å². The normalized spacial score (nSPS) is 15.9. The number of primary amides is 1. The second kappa shape index (κ2) is 11.4. The summed E-state index contributed by atoms with van der Waals surface area (Å²) in [5, 5.41) is 0. The first-order chi connectivity index (χ1) is 13.7. The summed E-state index contributed by atoms with van der Waals surface area (Å²) in [7, 11) is -9.37. The van der Waals surface area contributed by atoms with Crippen molar-refractivity contribution in [2.24, 2.45) is 5.73 Å². The number of hydrogen-bond acceptors (Lipinski definition) is 7. The third-order valence-electron chi connectivity index (χ3n) is 3.57. The molecule has 0 spiro atoms. The van der Waals surface area contributed by atoms with Crippen molar-refractivity contribution < 1.29 is 31.4 Å². The van der Waals surface area contributed by atoms with E-state index in [2.05, 4.69) is 63.7 Å². The topological polar surface area (TPSA) is 106 Å². The van der Waals surface area contributed by atoms with Crippen LogP contribution in [0.1, 0.15) is 27.2 Å². The van der Waals surface area contributed by atoms with E-state index in [1.807, 2.05) is 13.0 Å². The minimum atomic E-state index is -3.21. The average Bonchev–Trinajstić information content (AvgIpc) is 2.45. The molecule has 31 heavy (non-hydrogen) atoms. The predicted octanol–water partition coefficient (Wildman–Crippen LogP) is 5.19. The molecular weight excluding hydrogens is 467 g/mol. The summed E-state index contributed by atoms with van der Waals surface area (Å²) in [5.74, 6) is -0.593. The van der Waals surface area contributed by atoms with Gasteiger partial charge in [0.1, 0.15) is 0 Å². The van der Waals surface area contributed by atoms with Crippen LogP contribution in [-0.4, -0.2) is 52.1 Å². The van der Waals surface area contributed by atoms with E-state index >= 15 is 0 Å². The smallest absolute Gasteiger partial charge is 0.422 e. The summed E-state index contributed by atoms with van der Waals surface area (Å²) in [4.78, 5) is 23.4. The van der Waals surface area contributed by atoms with Crippen LogP contribution in [0.2, 0.25) is 64.5 Å². The van der Waals surface area contributed by atoms with E-state index in [0.29, 0.717) is 12.0 Å². The molecule has 0 rings (SSSR count). The first kappa shape index (κ1) is 30.2. The van der Waals surface area contributed by atoms with Crippen LogP contribution in [0.4, 0.5) is 4.79 Å². The Morgan fingerprint density at radius 1 is 0.839 bits per heavy atom. The molecular formula is C19H43NO7Si4. The monoisotopic (exact) mass is 509 g/mol. The molecule has 0 fully saturated rings. The van der Waals surface area contributed by atoms with Crippen molar-refractivity contribution in [2.45, 2.75) is 97.9 Å². The Morgan fingerprint density at radius 3 is 1.52 bits per heavy atom. The van der Waals surface area contributed by atoms with E-state index in [4.69, 9.17) is 22.8 Å². The van der Waals surface area contributed by atoms with Gasteiger partial charge in [0.05, 0.1) is 0 Å². The van der Waals surface area contributed by atoms with Gasteiger partial charge in [-0.2, -0.15) is 0 Å². The number of esters is 1. The number of nitrogens with two attached hydrogens (primary N) is 1. The zero-order valence-electron chi connectivity index (χ0n) is 21.4. The highest BCUT2D eigenvalue weighted by Gasteiger charge is 2.54. The first-order valence-corrected chi connectivity index (χ1v) is 22.7. The summed E-state index contributed by atoms with van der Waals surface area (Å²) in [6.45, 7) is 24.2. The van der Waals surface area contributed by atoms with Gasteiger partial charge in [0, 0.05) is 18.0 Å². The lowest BCUT2D eigenvalue weighted by atomic mass is 10.2. The van der Waals surface area contributed by atoms with Gasteiger partial charge in [0.25, 0.3) is 0 Å². The Hall–Kier alpha value is -0.772. The van der Waals surface area contributed by atoms with Crippen molar-refractivity contribution in [3.05, 3.63) is 11.6 Å². The van der Waals surface area contributed by atoms with Crippen LogP contribution in [0.15, 0.2) is 11.6 Å². The summed E-state index contributed by atoms with van der Waals surface area (Å²) in [6, 6.07) is 0. The maximum atomic E-state index is 12.6. The summed E-state index contributed by atoms with van der Waals surface area (Å²) in [5.41, 5.74) is 5.15. The van der Waals surface area contributed by atoms with E-state index in [0.717, 1.165) is 0 Å². The number of carbonyl (C=O) groups is 2. The molecule has 0 aliphatic rings. The number of carbonyl (C=O) groups excluding carboxylic acids is 2. The molecule has 0 bridgehead atoms. The molecule has 0 heterocycles. The van der Waals surface area contributed by atoms with Crippen LogP contribution < -0.4 is 5.73 Å². The van der Waals surface area contributed by atoms with Gasteiger partial charge in [-0.1, -0.05) is 13.0 Å². The predicted molar refractivity (Wildman–Crippen MR) is 133 cm³/mol. The summed E-state index contributed by atoms with van der Waals surface area (Å²) >= 11 is 0. The third-order valence-corrected chi connectivity index (χ3v) is 15.8. The number of rotatable bonds is 12. The van der Waals surface area contributed by atoms with Crippen molar-refractivity contribution in [1.82, 2.24) is 0 Å². The van der Waals surface area contributed by atoms with E-state index in [1.165, 1.54) is 6.92 Å². The Labute approximate surface area is 192 Å². The molecule has 0 radical (unpaired) electrons. The van der Waals surface area contributed by atoms with Crippen LogP contribution in [0.5, 0.6) is 0 Å². The van der Waals surface area contributed by atoms with Crippen LogP contribution in [0, 0.1) is 0 Å². The van der Waals surface area contributed by atoms with Gasteiger partial charge in [0.2, 0.25) is 6.29 Å². The molecule has 0 saturated carbocycles. The molecule has 0 aliphatic carbocycles. The van der Waals surface area contributed by atoms with Gasteiger partial charge in [-0.05, 0) is 72.3 Å². The molecule has 0 aliphatic heterocycles. The Balaban J connectivity index is 6.24. The number of amides is 1. The van der Waals surface area contributed by atoms with E-state index in [-0.39, 0.29) is 5.54 Å². The second-order valence-electron chi connectivity index (χ2n) is 10.5. The SMILES string of the molecule is CCC(C=C(C)C(=O)OC(C)OC(N)=O)[Si](O[Si](C)(C)C)(O[Si](C)(C)C)O[Si](C)(C)C. The van der Waals surface area contributed by atoms with Crippen molar-refractivity contribution in [2.75, 3.05) is 0 Å². The molecule has 2 N–H and O–H groups in total. The number of allylic oxidation sites excluding steroid dienone is 1. The molecule has 2 atom stereocenters. The standard InChI is InChI=1S/C19H43NO7Si4/c1-13-17(14-15(2)18(21)23-16(3)24-19(20)22)31(25-28(4,5)6,26-29(7,8)9)27-30(10,11)12/h14,16-17H,13H2,1-12H3,(H2,20,22). The molecule has 0 saturated heterocycles. The fourth-order valence-corrected chi connectivity index (χ4v) is 17.5. The van der Waals surface area contributed by atoms with Crippen LogP contribution >= 0.6 is 0 Å². The van der Waals surface area contributed by atoms with Crippen LogP contribution in [-0.2, 0) is 26.6 Å². The van der Waals surface area contributed by atoms with E-state index in [9.17, 15) is 9.59 Å². The Kier molecular flexibility index (Phi) is 11.1. The fraction of sp³-hybridized carbons (Fsp3) is 0.789. The van der Waals surface area contributed by atoms with Gasteiger partial charge in [-0.25, -0.2) is 9.59 Å². The molecule has 8 nitrogen and oxygen atoms in total. The molecule has 182 valence electrons. The van der Waals surface area contributed by atoms with Crippen molar-refractivity contribution >= 4 is 45.8 Å². The van der Waals surface area contributed by atoms with Gasteiger partial charge in [0.15, 0.2) is 25.0 Å². The zero-order valence-corrected chi connectivity index (χ0v) is 25.4. The lowest BCUT2D eigenvalue weighted by Gasteiger charge is -2.45. The number of ether oxygens (including phenoxy) is 2. The maximum Gasteiger partial charge on any atom is 0.476 e. The molecule has 0 aromatic heterocycles. The summed E-state index contributed by atoms with van der Waals surface area (Å²) < 4.78 is 30.2. The molecule has 1 amide bonds. The fourth-order valence-electron chi connectivity index (χ4n) is 2.84.